The van der Waals surface area contributed by atoms with Crippen molar-refractivity contribution in [3.8, 4) is 0 Å². The third-order valence-corrected chi connectivity index (χ3v) is 5.72. The molecule has 0 aromatic heterocycles. The van der Waals surface area contributed by atoms with Gasteiger partial charge in [0.25, 0.3) is 0 Å². The number of nitrogens with zero attached hydrogens (tertiary/aromatic N) is 1. The predicted octanol–water partition coefficient (Wildman–Crippen LogP) is 1.21. The van der Waals surface area contributed by atoms with Gasteiger partial charge in [0.15, 0.2) is 0 Å². The first-order valence-corrected chi connectivity index (χ1v) is 8.40. The van der Waals surface area contributed by atoms with E-state index < -0.39 is 10.8 Å². The first-order chi connectivity index (χ1) is 8.13. The lowest BCUT2D eigenvalue weighted by Gasteiger charge is -2.43. The summed E-state index contributed by atoms with van der Waals surface area (Å²) in [6.45, 7) is 6.31. The normalized spacial score (nSPS) is 37.2. The van der Waals surface area contributed by atoms with Gasteiger partial charge in [0.05, 0.1) is 0 Å². The van der Waals surface area contributed by atoms with Gasteiger partial charge < -0.3 is 10.6 Å². The zero-order valence-electron chi connectivity index (χ0n) is 11.0. The average Bonchev–Trinajstić information content (AvgIpc) is 2.32. The van der Waals surface area contributed by atoms with E-state index >= 15 is 0 Å². The lowest BCUT2D eigenvalue weighted by molar-refractivity contribution is 0.0931. The summed E-state index contributed by atoms with van der Waals surface area (Å²) in [6.07, 6.45) is 5.26. The molecule has 2 aliphatic rings. The SMILES string of the molecule is CC1CCCC(CN)(CN2CCS(=O)CC2)C1. The van der Waals surface area contributed by atoms with Crippen LogP contribution in [0.3, 0.4) is 0 Å². The Bertz CT molecular complexity index is 275. The smallest absolute Gasteiger partial charge is 0.0363 e. The Morgan fingerprint density at radius 1 is 1.41 bits per heavy atom. The van der Waals surface area contributed by atoms with Crippen molar-refractivity contribution in [3.63, 3.8) is 0 Å². The van der Waals surface area contributed by atoms with Crippen LogP contribution < -0.4 is 5.73 Å². The Morgan fingerprint density at radius 2 is 2.12 bits per heavy atom. The summed E-state index contributed by atoms with van der Waals surface area (Å²) >= 11 is 0. The summed E-state index contributed by atoms with van der Waals surface area (Å²) < 4.78 is 11.4. The van der Waals surface area contributed by atoms with Gasteiger partial charge in [-0.25, -0.2) is 0 Å². The average molecular weight is 258 g/mol. The van der Waals surface area contributed by atoms with E-state index in [0.29, 0.717) is 5.41 Å². The van der Waals surface area contributed by atoms with E-state index in [9.17, 15) is 4.21 Å². The fraction of sp³-hybridized carbons (Fsp3) is 1.00. The molecule has 2 atom stereocenters. The van der Waals surface area contributed by atoms with Crippen LogP contribution in [0.4, 0.5) is 0 Å². The first-order valence-electron chi connectivity index (χ1n) is 6.91. The molecule has 1 aliphatic heterocycles. The van der Waals surface area contributed by atoms with Gasteiger partial charge in [0, 0.05) is 41.9 Å². The Kier molecular flexibility index (Phi) is 4.61. The molecule has 17 heavy (non-hydrogen) atoms. The minimum atomic E-state index is -0.563. The molecule has 1 saturated heterocycles. The van der Waals surface area contributed by atoms with Crippen molar-refractivity contribution < 1.29 is 4.21 Å². The highest BCUT2D eigenvalue weighted by molar-refractivity contribution is 7.85. The fourth-order valence-electron chi connectivity index (χ4n) is 3.47. The zero-order chi connectivity index (χ0) is 12.3. The maximum atomic E-state index is 11.4. The summed E-state index contributed by atoms with van der Waals surface area (Å²) in [6, 6.07) is 0. The Morgan fingerprint density at radius 3 is 2.71 bits per heavy atom. The van der Waals surface area contributed by atoms with Gasteiger partial charge in [-0.3, -0.25) is 4.21 Å². The maximum Gasteiger partial charge on any atom is 0.0363 e. The van der Waals surface area contributed by atoms with Crippen molar-refractivity contribution in [3.05, 3.63) is 0 Å². The summed E-state index contributed by atoms with van der Waals surface area (Å²) in [5.41, 5.74) is 6.40. The molecule has 1 heterocycles. The van der Waals surface area contributed by atoms with Crippen molar-refractivity contribution in [1.82, 2.24) is 4.90 Å². The van der Waals surface area contributed by atoms with Crippen LogP contribution in [0.1, 0.15) is 32.6 Å². The molecule has 2 N–H and O–H groups in total. The molecule has 0 spiro atoms. The van der Waals surface area contributed by atoms with E-state index in [1.807, 2.05) is 0 Å². The van der Waals surface area contributed by atoms with Crippen LogP contribution >= 0.6 is 0 Å². The fourth-order valence-corrected chi connectivity index (χ4v) is 4.60. The third kappa shape index (κ3) is 3.52. The van der Waals surface area contributed by atoms with E-state index in [1.54, 1.807) is 0 Å². The van der Waals surface area contributed by atoms with E-state index in [2.05, 4.69) is 11.8 Å². The third-order valence-electron chi connectivity index (χ3n) is 4.45. The van der Waals surface area contributed by atoms with Crippen molar-refractivity contribution in [2.75, 3.05) is 37.7 Å². The number of hydrogen-bond acceptors (Lipinski definition) is 3. The van der Waals surface area contributed by atoms with Crippen molar-refractivity contribution in [2.24, 2.45) is 17.1 Å². The van der Waals surface area contributed by atoms with Crippen LogP contribution in [0.25, 0.3) is 0 Å². The topological polar surface area (TPSA) is 46.3 Å². The van der Waals surface area contributed by atoms with Crippen molar-refractivity contribution >= 4 is 10.8 Å². The molecule has 0 bridgehead atoms. The monoisotopic (exact) mass is 258 g/mol. The quantitative estimate of drug-likeness (QED) is 0.827. The maximum absolute atomic E-state index is 11.4. The van der Waals surface area contributed by atoms with Crippen LogP contribution in [0.5, 0.6) is 0 Å². The molecule has 2 unspecified atom stereocenters. The second-order valence-corrected chi connectivity index (χ2v) is 7.73. The van der Waals surface area contributed by atoms with E-state index in [-0.39, 0.29) is 0 Å². The second-order valence-electron chi connectivity index (χ2n) is 6.03. The van der Waals surface area contributed by atoms with Gasteiger partial charge >= 0.3 is 0 Å². The summed E-state index contributed by atoms with van der Waals surface area (Å²) in [7, 11) is -0.563. The lowest BCUT2D eigenvalue weighted by atomic mass is 9.69. The summed E-state index contributed by atoms with van der Waals surface area (Å²) in [5, 5.41) is 0. The van der Waals surface area contributed by atoms with Crippen LogP contribution in [-0.4, -0.2) is 46.8 Å². The highest BCUT2D eigenvalue weighted by Crippen LogP contribution is 2.39. The second kappa shape index (κ2) is 5.81. The number of nitrogens with two attached hydrogens (primary N) is 1. The summed E-state index contributed by atoms with van der Waals surface area (Å²) in [5.74, 6) is 2.54. The minimum Gasteiger partial charge on any atom is -0.330 e. The molecule has 1 saturated carbocycles. The summed E-state index contributed by atoms with van der Waals surface area (Å²) in [4.78, 5) is 2.49. The van der Waals surface area contributed by atoms with Crippen LogP contribution in [-0.2, 0) is 10.8 Å². The molecule has 4 heteroatoms. The standard InChI is InChI=1S/C13H26N2OS/c1-12-3-2-4-13(9-12,10-14)11-15-5-7-17(16)8-6-15/h12H,2-11,14H2,1H3. The number of rotatable bonds is 3. The predicted molar refractivity (Wildman–Crippen MR) is 73.4 cm³/mol. The van der Waals surface area contributed by atoms with Gasteiger partial charge in [0.2, 0.25) is 0 Å². The van der Waals surface area contributed by atoms with E-state index in [4.69, 9.17) is 5.73 Å². The number of hydrogen-bond donors (Lipinski definition) is 1. The molecule has 100 valence electrons. The van der Waals surface area contributed by atoms with Crippen molar-refractivity contribution in [2.45, 2.75) is 32.6 Å². The minimum absolute atomic E-state index is 0.344. The lowest BCUT2D eigenvalue weighted by Crippen LogP contribution is -2.49. The Balaban J connectivity index is 1.92. The molecule has 0 aromatic carbocycles. The molecule has 1 aliphatic carbocycles. The highest BCUT2D eigenvalue weighted by atomic mass is 32.2. The van der Waals surface area contributed by atoms with Crippen LogP contribution in [0.2, 0.25) is 0 Å². The van der Waals surface area contributed by atoms with E-state index in [1.165, 1.54) is 25.7 Å². The molecule has 0 amide bonds. The van der Waals surface area contributed by atoms with Crippen molar-refractivity contribution in [1.29, 1.82) is 0 Å². The molecule has 2 rings (SSSR count). The molecular weight excluding hydrogens is 232 g/mol. The van der Waals surface area contributed by atoms with Gasteiger partial charge in [-0.1, -0.05) is 19.8 Å². The first kappa shape index (κ1) is 13.5. The molecule has 3 nitrogen and oxygen atoms in total. The molecular formula is C13H26N2OS. The Hall–Kier alpha value is 0.0700. The van der Waals surface area contributed by atoms with Gasteiger partial charge in [-0.15, -0.1) is 0 Å². The zero-order valence-corrected chi connectivity index (χ0v) is 11.8. The van der Waals surface area contributed by atoms with Gasteiger partial charge in [-0.2, -0.15) is 0 Å². The largest absolute Gasteiger partial charge is 0.330 e. The highest BCUT2D eigenvalue weighted by Gasteiger charge is 2.35. The van der Waals surface area contributed by atoms with Crippen LogP contribution in [0, 0.1) is 11.3 Å². The Labute approximate surface area is 108 Å². The van der Waals surface area contributed by atoms with Crippen LogP contribution in [0.15, 0.2) is 0 Å². The molecule has 0 radical (unpaired) electrons. The molecule has 2 fully saturated rings. The van der Waals surface area contributed by atoms with Gasteiger partial charge in [0.1, 0.15) is 0 Å². The van der Waals surface area contributed by atoms with Gasteiger partial charge in [-0.05, 0) is 30.7 Å². The molecule has 0 aromatic rings. The van der Waals surface area contributed by atoms with E-state index in [0.717, 1.165) is 43.6 Å².